The highest BCUT2D eigenvalue weighted by atomic mass is 16.5. The van der Waals surface area contributed by atoms with E-state index in [9.17, 15) is 4.79 Å². The van der Waals surface area contributed by atoms with Crippen LogP contribution in [-0.4, -0.2) is 35.0 Å². The summed E-state index contributed by atoms with van der Waals surface area (Å²) in [5.74, 6) is -0.474. The summed E-state index contributed by atoms with van der Waals surface area (Å²) in [5, 5.41) is 18.0. The molecule has 0 amide bonds. The van der Waals surface area contributed by atoms with Crippen LogP contribution in [0, 0.1) is 0 Å². The Morgan fingerprint density at radius 2 is 2.08 bits per heavy atom. The van der Waals surface area contributed by atoms with Gasteiger partial charge in [0.2, 0.25) is 0 Å². The van der Waals surface area contributed by atoms with Crippen LogP contribution < -0.4 is 0 Å². The zero-order chi connectivity index (χ0) is 10.4. The van der Waals surface area contributed by atoms with Crippen molar-refractivity contribution in [3.63, 3.8) is 0 Å². The minimum Gasteiger partial charge on any atom is -0.462 e. The van der Waals surface area contributed by atoms with Gasteiger partial charge in [-0.05, 0) is 13.8 Å². The summed E-state index contributed by atoms with van der Waals surface area (Å²) in [5.41, 5.74) is 0.325. The van der Waals surface area contributed by atoms with Gasteiger partial charge in [-0.25, -0.2) is 4.79 Å². The molecule has 0 heterocycles. The summed E-state index contributed by atoms with van der Waals surface area (Å²) in [6.45, 7) is 6.52. The third kappa shape index (κ3) is 5.38. The molecule has 2 atom stereocenters. The standard InChI is InChI=1S/C9H16O4/c1-6(2)9(12)13-5-4-8(11)7(3)10/h7-8,10-11H,1,4-5H2,2-3H3. The van der Waals surface area contributed by atoms with Crippen molar-refractivity contribution in [1.82, 2.24) is 0 Å². The average Bonchev–Trinajstić information content (AvgIpc) is 2.03. The molecule has 0 aliphatic rings. The van der Waals surface area contributed by atoms with Crippen LogP contribution in [-0.2, 0) is 9.53 Å². The molecule has 0 bridgehead atoms. The van der Waals surface area contributed by atoms with Gasteiger partial charge in [0.15, 0.2) is 0 Å². The van der Waals surface area contributed by atoms with Gasteiger partial charge in [0.1, 0.15) is 0 Å². The molecule has 0 radical (unpaired) electrons. The summed E-state index contributed by atoms with van der Waals surface area (Å²) in [4.78, 5) is 10.8. The maximum absolute atomic E-state index is 10.8. The Hall–Kier alpha value is -0.870. The van der Waals surface area contributed by atoms with Crippen molar-refractivity contribution in [3.05, 3.63) is 12.2 Å². The molecule has 0 aromatic rings. The largest absolute Gasteiger partial charge is 0.462 e. The average molecular weight is 188 g/mol. The van der Waals surface area contributed by atoms with E-state index in [0.717, 1.165) is 0 Å². The smallest absolute Gasteiger partial charge is 0.333 e. The summed E-state index contributed by atoms with van der Waals surface area (Å²) < 4.78 is 4.71. The second kappa shape index (κ2) is 5.72. The molecule has 13 heavy (non-hydrogen) atoms. The predicted molar refractivity (Wildman–Crippen MR) is 48.1 cm³/mol. The molecular weight excluding hydrogens is 172 g/mol. The molecule has 0 saturated carbocycles. The highest BCUT2D eigenvalue weighted by molar-refractivity contribution is 5.86. The Morgan fingerprint density at radius 3 is 2.46 bits per heavy atom. The van der Waals surface area contributed by atoms with Crippen molar-refractivity contribution in [2.24, 2.45) is 0 Å². The van der Waals surface area contributed by atoms with Gasteiger partial charge in [-0.2, -0.15) is 0 Å². The molecule has 0 rings (SSSR count). The van der Waals surface area contributed by atoms with Crippen molar-refractivity contribution in [2.75, 3.05) is 6.61 Å². The zero-order valence-electron chi connectivity index (χ0n) is 7.99. The van der Waals surface area contributed by atoms with Crippen molar-refractivity contribution in [1.29, 1.82) is 0 Å². The minimum atomic E-state index is -0.849. The molecule has 0 fully saturated rings. The van der Waals surface area contributed by atoms with Crippen LogP contribution in [0.5, 0.6) is 0 Å². The monoisotopic (exact) mass is 188 g/mol. The maximum atomic E-state index is 10.8. The Labute approximate surface area is 77.8 Å². The summed E-state index contributed by atoms with van der Waals surface area (Å²) in [6, 6.07) is 0. The molecule has 4 heteroatoms. The highest BCUT2D eigenvalue weighted by Crippen LogP contribution is 2.00. The third-order valence-electron chi connectivity index (χ3n) is 1.55. The molecule has 76 valence electrons. The van der Waals surface area contributed by atoms with Gasteiger partial charge in [-0.3, -0.25) is 0 Å². The first-order chi connectivity index (χ1) is 5.95. The number of aliphatic hydroxyl groups excluding tert-OH is 2. The van der Waals surface area contributed by atoms with Crippen molar-refractivity contribution < 1.29 is 19.7 Å². The minimum absolute atomic E-state index is 0.0950. The van der Waals surface area contributed by atoms with Gasteiger partial charge < -0.3 is 14.9 Å². The third-order valence-corrected chi connectivity index (χ3v) is 1.55. The number of rotatable bonds is 5. The van der Waals surface area contributed by atoms with E-state index in [1.165, 1.54) is 6.92 Å². The second-order valence-corrected chi connectivity index (χ2v) is 3.01. The molecule has 0 spiro atoms. The topological polar surface area (TPSA) is 66.8 Å². The normalized spacial score (nSPS) is 14.8. The van der Waals surface area contributed by atoms with E-state index in [4.69, 9.17) is 14.9 Å². The zero-order valence-corrected chi connectivity index (χ0v) is 7.99. The summed E-state index contributed by atoms with van der Waals surface area (Å²) in [6.07, 6.45) is -1.42. The van der Waals surface area contributed by atoms with E-state index >= 15 is 0 Å². The molecule has 0 aromatic carbocycles. The number of hydrogen-bond donors (Lipinski definition) is 2. The first kappa shape index (κ1) is 12.1. The van der Waals surface area contributed by atoms with Crippen LogP contribution in [0.4, 0.5) is 0 Å². The molecule has 0 aliphatic carbocycles. The molecule has 4 nitrogen and oxygen atoms in total. The van der Waals surface area contributed by atoms with E-state index in [1.54, 1.807) is 6.92 Å². The van der Waals surface area contributed by atoms with Crippen molar-refractivity contribution in [2.45, 2.75) is 32.5 Å². The fourth-order valence-electron chi connectivity index (χ4n) is 0.637. The molecule has 2 N–H and O–H groups in total. The van der Waals surface area contributed by atoms with E-state index in [2.05, 4.69) is 6.58 Å². The van der Waals surface area contributed by atoms with Crippen LogP contribution in [0.2, 0.25) is 0 Å². The van der Waals surface area contributed by atoms with Gasteiger partial charge >= 0.3 is 5.97 Å². The van der Waals surface area contributed by atoms with Gasteiger partial charge in [-0.15, -0.1) is 0 Å². The van der Waals surface area contributed by atoms with E-state index in [0.29, 0.717) is 5.57 Å². The van der Waals surface area contributed by atoms with Gasteiger partial charge in [0, 0.05) is 12.0 Å². The summed E-state index contributed by atoms with van der Waals surface area (Å²) in [7, 11) is 0. The fraction of sp³-hybridized carbons (Fsp3) is 0.667. The van der Waals surface area contributed by atoms with Crippen molar-refractivity contribution in [3.8, 4) is 0 Å². The van der Waals surface area contributed by atoms with Gasteiger partial charge in [0.05, 0.1) is 18.8 Å². The second-order valence-electron chi connectivity index (χ2n) is 3.01. The van der Waals surface area contributed by atoms with E-state index in [-0.39, 0.29) is 13.0 Å². The predicted octanol–water partition coefficient (Wildman–Crippen LogP) is 0.237. The number of aliphatic hydroxyl groups is 2. The first-order valence-electron chi connectivity index (χ1n) is 4.14. The number of hydrogen-bond acceptors (Lipinski definition) is 4. The molecular formula is C9H16O4. The number of carbonyl (C=O) groups excluding carboxylic acids is 1. The van der Waals surface area contributed by atoms with Gasteiger partial charge in [-0.1, -0.05) is 6.58 Å². The lowest BCUT2D eigenvalue weighted by molar-refractivity contribution is -0.140. The quantitative estimate of drug-likeness (QED) is 0.479. The SMILES string of the molecule is C=C(C)C(=O)OCCC(O)C(C)O. The fourth-order valence-corrected chi connectivity index (χ4v) is 0.637. The van der Waals surface area contributed by atoms with Crippen molar-refractivity contribution >= 4 is 5.97 Å². The number of carbonyl (C=O) groups is 1. The summed E-state index contributed by atoms with van der Waals surface area (Å²) >= 11 is 0. The van der Waals surface area contributed by atoms with E-state index < -0.39 is 18.2 Å². The molecule has 0 saturated heterocycles. The van der Waals surface area contributed by atoms with E-state index in [1.807, 2.05) is 0 Å². The van der Waals surface area contributed by atoms with Gasteiger partial charge in [0.25, 0.3) is 0 Å². The van der Waals surface area contributed by atoms with Crippen LogP contribution >= 0.6 is 0 Å². The van der Waals surface area contributed by atoms with Crippen LogP contribution in [0.25, 0.3) is 0 Å². The number of ether oxygens (including phenoxy) is 1. The van der Waals surface area contributed by atoms with Crippen LogP contribution in [0.1, 0.15) is 20.3 Å². The highest BCUT2D eigenvalue weighted by Gasteiger charge is 2.11. The molecule has 0 aromatic heterocycles. The molecule has 0 aliphatic heterocycles. The Morgan fingerprint density at radius 1 is 1.54 bits per heavy atom. The lowest BCUT2D eigenvalue weighted by atomic mass is 10.2. The molecule has 2 unspecified atom stereocenters. The Kier molecular flexibility index (Phi) is 5.34. The maximum Gasteiger partial charge on any atom is 0.333 e. The lowest BCUT2D eigenvalue weighted by Gasteiger charge is -2.12. The Bertz CT molecular complexity index is 186. The first-order valence-corrected chi connectivity index (χ1v) is 4.14. The Balaban J connectivity index is 3.56. The number of esters is 1. The lowest BCUT2D eigenvalue weighted by Crippen LogP contribution is -2.24. The van der Waals surface area contributed by atoms with Crippen LogP contribution in [0.3, 0.4) is 0 Å². The van der Waals surface area contributed by atoms with Crippen LogP contribution in [0.15, 0.2) is 12.2 Å².